The molecule has 7 nitrogen and oxygen atoms in total. The molecule has 0 fully saturated rings. The lowest BCUT2D eigenvalue weighted by Gasteiger charge is -2.19. The molecule has 29 heavy (non-hydrogen) atoms. The smallest absolute Gasteiger partial charge is 0.325 e. The molecule has 0 saturated heterocycles. The number of halogens is 1. The average Bonchev–Trinajstić information content (AvgIpc) is 2.66. The lowest BCUT2D eigenvalue weighted by Crippen LogP contribution is -2.49. The Morgan fingerprint density at radius 1 is 1.03 bits per heavy atom. The van der Waals surface area contributed by atoms with E-state index < -0.39 is 45.2 Å². The summed E-state index contributed by atoms with van der Waals surface area (Å²) in [5.41, 5.74) is 0.689. The SMILES string of the molecule is CC(C)OC(=O)CNC(=O)C(Cc1ccccc1)NS(=O)(=O)c1ccccc1F. The summed E-state index contributed by atoms with van der Waals surface area (Å²) in [6.07, 6.45) is -0.335. The van der Waals surface area contributed by atoms with Gasteiger partial charge in [0.2, 0.25) is 15.9 Å². The number of hydrogen-bond acceptors (Lipinski definition) is 5. The van der Waals surface area contributed by atoms with E-state index in [2.05, 4.69) is 10.0 Å². The second-order valence-electron chi connectivity index (χ2n) is 6.55. The van der Waals surface area contributed by atoms with Gasteiger partial charge in [-0.05, 0) is 38.0 Å². The van der Waals surface area contributed by atoms with Crippen LogP contribution in [0.4, 0.5) is 4.39 Å². The number of carbonyl (C=O) groups excluding carboxylic acids is 2. The molecule has 1 unspecified atom stereocenters. The quantitative estimate of drug-likeness (QED) is 0.600. The summed E-state index contributed by atoms with van der Waals surface area (Å²) in [6, 6.07) is 12.3. The zero-order valence-electron chi connectivity index (χ0n) is 16.1. The standard InChI is InChI=1S/C20H23FN2O5S/c1-14(2)28-19(24)13-22-20(25)17(12-15-8-4-3-5-9-15)23-29(26,27)18-11-7-6-10-16(18)21/h3-11,14,17,23H,12-13H2,1-2H3,(H,22,25). The number of nitrogens with one attached hydrogen (secondary N) is 2. The monoisotopic (exact) mass is 422 g/mol. The summed E-state index contributed by atoms with van der Waals surface area (Å²) >= 11 is 0. The van der Waals surface area contributed by atoms with Gasteiger partial charge in [0, 0.05) is 0 Å². The zero-order chi connectivity index (χ0) is 21.4. The summed E-state index contributed by atoms with van der Waals surface area (Å²) in [4.78, 5) is 23.7. The third kappa shape index (κ3) is 6.95. The van der Waals surface area contributed by atoms with Gasteiger partial charge in [-0.25, -0.2) is 12.8 Å². The van der Waals surface area contributed by atoms with Crippen LogP contribution < -0.4 is 10.0 Å². The average molecular weight is 422 g/mol. The number of hydrogen-bond donors (Lipinski definition) is 2. The van der Waals surface area contributed by atoms with Gasteiger partial charge in [0.15, 0.2) is 0 Å². The van der Waals surface area contributed by atoms with E-state index in [-0.39, 0.29) is 12.5 Å². The minimum atomic E-state index is -4.31. The predicted octanol–water partition coefficient (Wildman–Crippen LogP) is 1.78. The first kappa shape index (κ1) is 22.5. The highest BCUT2D eigenvalue weighted by atomic mass is 32.2. The molecular weight excluding hydrogens is 399 g/mol. The second kappa shape index (κ2) is 10.1. The molecule has 0 aliphatic rings. The van der Waals surface area contributed by atoms with Crippen molar-refractivity contribution in [2.45, 2.75) is 37.3 Å². The zero-order valence-corrected chi connectivity index (χ0v) is 16.9. The maximum absolute atomic E-state index is 14.0. The van der Waals surface area contributed by atoms with Crippen molar-refractivity contribution in [1.29, 1.82) is 0 Å². The van der Waals surface area contributed by atoms with Crippen LogP contribution in [0.3, 0.4) is 0 Å². The van der Waals surface area contributed by atoms with Gasteiger partial charge in [-0.15, -0.1) is 0 Å². The molecule has 156 valence electrons. The first-order valence-electron chi connectivity index (χ1n) is 8.97. The van der Waals surface area contributed by atoms with Crippen LogP contribution in [0.2, 0.25) is 0 Å². The van der Waals surface area contributed by atoms with Crippen molar-refractivity contribution >= 4 is 21.9 Å². The van der Waals surface area contributed by atoms with Crippen molar-refractivity contribution < 1.29 is 27.1 Å². The number of benzene rings is 2. The van der Waals surface area contributed by atoms with Gasteiger partial charge in [0.25, 0.3) is 0 Å². The number of esters is 1. The number of rotatable bonds is 9. The van der Waals surface area contributed by atoms with E-state index in [4.69, 9.17) is 4.74 Å². The minimum Gasteiger partial charge on any atom is -0.462 e. The predicted molar refractivity (Wildman–Crippen MR) is 105 cm³/mol. The summed E-state index contributed by atoms with van der Waals surface area (Å²) in [5, 5.41) is 2.36. The molecular formula is C20H23FN2O5S. The van der Waals surface area contributed by atoms with Crippen molar-refractivity contribution in [2.75, 3.05) is 6.54 Å². The first-order valence-corrected chi connectivity index (χ1v) is 10.5. The first-order chi connectivity index (χ1) is 13.7. The third-order valence-electron chi connectivity index (χ3n) is 3.80. The fraction of sp³-hybridized carbons (Fsp3) is 0.300. The normalized spacial score (nSPS) is 12.4. The highest BCUT2D eigenvalue weighted by molar-refractivity contribution is 7.89. The molecule has 2 aromatic carbocycles. The highest BCUT2D eigenvalue weighted by Gasteiger charge is 2.28. The molecule has 2 rings (SSSR count). The maximum atomic E-state index is 14.0. The van der Waals surface area contributed by atoms with Gasteiger partial charge in [-0.2, -0.15) is 4.72 Å². The Balaban J connectivity index is 2.19. The van der Waals surface area contributed by atoms with Gasteiger partial charge in [-0.3, -0.25) is 9.59 Å². The number of carbonyl (C=O) groups is 2. The Kier molecular flexibility index (Phi) is 7.86. The van der Waals surface area contributed by atoms with Crippen molar-refractivity contribution in [2.24, 2.45) is 0 Å². The molecule has 2 N–H and O–H groups in total. The third-order valence-corrected chi connectivity index (χ3v) is 5.30. The largest absolute Gasteiger partial charge is 0.462 e. The van der Waals surface area contributed by atoms with Crippen molar-refractivity contribution in [1.82, 2.24) is 10.0 Å². The van der Waals surface area contributed by atoms with E-state index in [0.29, 0.717) is 5.56 Å². The van der Waals surface area contributed by atoms with Crippen LogP contribution in [-0.2, 0) is 30.8 Å². The van der Waals surface area contributed by atoms with E-state index in [0.717, 1.165) is 12.1 Å². The Bertz CT molecular complexity index is 948. The fourth-order valence-corrected chi connectivity index (χ4v) is 3.81. The van der Waals surface area contributed by atoms with Gasteiger partial charge in [-0.1, -0.05) is 42.5 Å². The van der Waals surface area contributed by atoms with Gasteiger partial charge in [0.1, 0.15) is 23.3 Å². The van der Waals surface area contributed by atoms with Gasteiger partial charge in [0.05, 0.1) is 6.10 Å². The topological polar surface area (TPSA) is 102 Å². The van der Waals surface area contributed by atoms with Gasteiger partial charge < -0.3 is 10.1 Å². The molecule has 0 aromatic heterocycles. The van der Waals surface area contributed by atoms with E-state index in [1.54, 1.807) is 44.2 Å². The van der Waals surface area contributed by atoms with E-state index in [1.807, 2.05) is 0 Å². The van der Waals surface area contributed by atoms with Gasteiger partial charge >= 0.3 is 5.97 Å². The van der Waals surface area contributed by atoms with Crippen LogP contribution in [0.25, 0.3) is 0 Å². The van der Waals surface area contributed by atoms with E-state index in [9.17, 15) is 22.4 Å². The van der Waals surface area contributed by atoms with Crippen molar-refractivity contribution in [3.8, 4) is 0 Å². The fourth-order valence-electron chi connectivity index (χ4n) is 2.54. The van der Waals surface area contributed by atoms with Crippen LogP contribution in [0.1, 0.15) is 19.4 Å². The number of amides is 1. The Morgan fingerprint density at radius 3 is 2.28 bits per heavy atom. The van der Waals surface area contributed by atoms with Crippen molar-refractivity contribution in [3.05, 3.63) is 66.0 Å². The second-order valence-corrected chi connectivity index (χ2v) is 8.23. The highest BCUT2D eigenvalue weighted by Crippen LogP contribution is 2.15. The van der Waals surface area contributed by atoms with Crippen LogP contribution in [-0.4, -0.2) is 39.0 Å². The molecule has 1 atom stereocenters. The Hall–Kier alpha value is -2.78. The molecule has 0 radical (unpaired) electrons. The summed E-state index contributed by atoms with van der Waals surface area (Å²) in [5.74, 6) is -2.31. The maximum Gasteiger partial charge on any atom is 0.325 e. The molecule has 0 bridgehead atoms. The van der Waals surface area contributed by atoms with Crippen molar-refractivity contribution in [3.63, 3.8) is 0 Å². The Labute approximate surface area is 169 Å². The van der Waals surface area contributed by atoms with Crippen LogP contribution >= 0.6 is 0 Å². The molecule has 9 heteroatoms. The molecule has 1 amide bonds. The number of ether oxygens (including phenoxy) is 1. The molecule has 0 aliphatic carbocycles. The van der Waals surface area contributed by atoms with E-state index in [1.165, 1.54) is 12.1 Å². The summed E-state index contributed by atoms with van der Waals surface area (Å²) < 4.78 is 46.4. The lowest BCUT2D eigenvalue weighted by molar-refractivity contribution is -0.147. The number of sulfonamides is 1. The summed E-state index contributed by atoms with van der Waals surface area (Å²) in [6.45, 7) is 2.92. The van der Waals surface area contributed by atoms with Crippen LogP contribution in [0.15, 0.2) is 59.5 Å². The van der Waals surface area contributed by atoms with Crippen LogP contribution in [0, 0.1) is 5.82 Å². The molecule has 0 heterocycles. The Morgan fingerprint density at radius 2 is 1.66 bits per heavy atom. The lowest BCUT2D eigenvalue weighted by atomic mass is 10.1. The molecule has 2 aromatic rings. The summed E-state index contributed by atoms with van der Waals surface area (Å²) in [7, 11) is -4.31. The van der Waals surface area contributed by atoms with E-state index >= 15 is 0 Å². The molecule has 0 spiro atoms. The molecule has 0 aliphatic heterocycles. The molecule has 0 saturated carbocycles. The minimum absolute atomic E-state index is 0.0135. The van der Waals surface area contributed by atoms with Crippen LogP contribution in [0.5, 0.6) is 0 Å².